The number of carbonyl (C=O) groups excluding carboxylic acids is 3. The first-order valence-corrected chi connectivity index (χ1v) is 5.42. The quantitative estimate of drug-likeness (QED) is 0.640. The van der Waals surface area contributed by atoms with Gasteiger partial charge in [0.25, 0.3) is 5.91 Å². The van der Waals surface area contributed by atoms with Gasteiger partial charge in [0, 0.05) is 11.1 Å². The summed E-state index contributed by atoms with van der Waals surface area (Å²) >= 11 is 0. The second-order valence-electron chi connectivity index (χ2n) is 3.84. The Morgan fingerprint density at radius 3 is 2.44 bits per heavy atom. The van der Waals surface area contributed by atoms with Gasteiger partial charge in [-0.1, -0.05) is 6.07 Å². The minimum Gasteiger partial charge on any atom is -0.468 e. The molecule has 0 saturated heterocycles. The van der Waals surface area contributed by atoms with Crippen molar-refractivity contribution in [1.82, 2.24) is 5.32 Å². The number of amides is 1. The Morgan fingerprint density at radius 1 is 1.28 bits per heavy atom. The number of aryl methyl sites for hydroxylation is 1. The van der Waals surface area contributed by atoms with E-state index >= 15 is 0 Å². The highest BCUT2D eigenvalue weighted by molar-refractivity contribution is 5.99. The maximum atomic E-state index is 11.8. The topological polar surface area (TPSA) is 72.5 Å². The molecule has 0 radical (unpaired) electrons. The van der Waals surface area contributed by atoms with Crippen molar-refractivity contribution in [2.24, 2.45) is 0 Å². The van der Waals surface area contributed by atoms with Crippen LogP contribution in [0.5, 0.6) is 0 Å². The summed E-state index contributed by atoms with van der Waals surface area (Å²) in [5, 5.41) is 2.44. The summed E-state index contributed by atoms with van der Waals surface area (Å²) in [6, 6.07) is 4.80. The predicted molar refractivity (Wildman–Crippen MR) is 65.5 cm³/mol. The van der Waals surface area contributed by atoms with Gasteiger partial charge in [-0.05, 0) is 31.5 Å². The van der Waals surface area contributed by atoms with Gasteiger partial charge in [-0.25, -0.2) is 0 Å². The third-order valence-corrected chi connectivity index (χ3v) is 2.50. The van der Waals surface area contributed by atoms with Crippen LogP contribution in [0.3, 0.4) is 0 Å². The van der Waals surface area contributed by atoms with E-state index in [-0.39, 0.29) is 18.2 Å². The van der Waals surface area contributed by atoms with Crippen LogP contribution in [-0.4, -0.2) is 31.3 Å². The van der Waals surface area contributed by atoms with Crippen LogP contribution >= 0.6 is 0 Å². The van der Waals surface area contributed by atoms with Crippen LogP contribution in [0.15, 0.2) is 18.2 Å². The summed E-state index contributed by atoms with van der Waals surface area (Å²) < 4.78 is 4.42. The highest BCUT2D eigenvalue weighted by Crippen LogP contribution is 2.11. The summed E-state index contributed by atoms with van der Waals surface area (Å²) in [6.07, 6.45) is 0. The van der Waals surface area contributed by atoms with E-state index in [1.165, 1.54) is 14.0 Å². The zero-order valence-corrected chi connectivity index (χ0v) is 10.6. The normalized spacial score (nSPS) is 9.72. The van der Waals surface area contributed by atoms with Crippen LogP contribution < -0.4 is 5.32 Å². The molecule has 1 amide bonds. The number of Topliss-reactive ketones (excluding diaryl/α,β-unsaturated/α-hetero) is 1. The Hall–Kier alpha value is -2.17. The minimum absolute atomic E-state index is 0.0559. The Kier molecular flexibility index (Phi) is 4.59. The molecular formula is C13H15NO4. The van der Waals surface area contributed by atoms with Crippen molar-refractivity contribution >= 4 is 17.7 Å². The molecule has 5 heteroatoms. The van der Waals surface area contributed by atoms with E-state index in [9.17, 15) is 14.4 Å². The van der Waals surface area contributed by atoms with Crippen LogP contribution in [0, 0.1) is 6.92 Å². The zero-order valence-electron chi connectivity index (χ0n) is 10.6. The van der Waals surface area contributed by atoms with E-state index in [4.69, 9.17) is 0 Å². The average molecular weight is 249 g/mol. The molecule has 0 saturated carbocycles. The van der Waals surface area contributed by atoms with Gasteiger partial charge >= 0.3 is 5.97 Å². The molecule has 0 fully saturated rings. The fourth-order valence-corrected chi connectivity index (χ4v) is 1.46. The molecule has 1 N–H and O–H groups in total. The van der Waals surface area contributed by atoms with Gasteiger partial charge < -0.3 is 10.1 Å². The maximum absolute atomic E-state index is 11.8. The number of hydrogen-bond acceptors (Lipinski definition) is 4. The lowest BCUT2D eigenvalue weighted by Gasteiger charge is -2.07. The second kappa shape index (κ2) is 5.95. The first kappa shape index (κ1) is 13.9. The Morgan fingerprint density at radius 2 is 1.94 bits per heavy atom. The lowest BCUT2D eigenvalue weighted by Crippen LogP contribution is -2.30. The van der Waals surface area contributed by atoms with E-state index in [0.29, 0.717) is 16.7 Å². The molecule has 0 aliphatic heterocycles. The van der Waals surface area contributed by atoms with Gasteiger partial charge in [-0.2, -0.15) is 0 Å². The fourth-order valence-electron chi connectivity index (χ4n) is 1.46. The third-order valence-electron chi connectivity index (χ3n) is 2.50. The Bertz CT molecular complexity index is 494. The minimum atomic E-state index is -0.513. The largest absolute Gasteiger partial charge is 0.468 e. The lowest BCUT2D eigenvalue weighted by molar-refractivity contribution is -0.139. The molecule has 18 heavy (non-hydrogen) atoms. The number of hydrogen-bond donors (Lipinski definition) is 1. The van der Waals surface area contributed by atoms with Crippen molar-refractivity contribution in [2.75, 3.05) is 13.7 Å². The second-order valence-corrected chi connectivity index (χ2v) is 3.84. The number of benzene rings is 1. The van der Waals surface area contributed by atoms with Gasteiger partial charge in [0.05, 0.1) is 7.11 Å². The fraction of sp³-hybridized carbons (Fsp3) is 0.308. The molecule has 0 spiro atoms. The van der Waals surface area contributed by atoms with Crippen LogP contribution in [0.1, 0.15) is 33.2 Å². The highest BCUT2D eigenvalue weighted by Gasteiger charge is 2.11. The van der Waals surface area contributed by atoms with Crippen molar-refractivity contribution in [2.45, 2.75) is 13.8 Å². The molecule has 1 aromatic rings. The molecule has 0 unspecified atom stereocenters. The van der Waals surface area contributed by atoms with Gasteiger partial charge in [0.2, 0.25) is 0 Å². The molecule has 5 nitrogen and oxygen atoms in total. The molecule has 0 atom stereocenters. The molecule has 1 aromatic carbocycles. The number of ether oxygens (including phenoxy) is 1. The average Bonchev–Trinajstić information content (AvgIpc) is 2.35. The Labute approximate surface area is 105 Å². The Balaban J connectivity index is 2.81. The van der Waals surface area contributed by atoms with Gasteiger partial charge in [0.15, 0.2) is 5.78 Å². The lowest BCUT2D eigenvalue weighted by atomic mass is 10.0. The smallest absolute Gasteiger partial charge is 0.325 e. The highest BCUT2D eigenvalue weighted by atomic mass is 16.5. The van der Waals surface area contributed by atoms with Gasteiger partial charge in [0.1, 0.15) is 6.54 Å². The molecule has 0 aliphatic carbocycles. The summed E-state index contributed by atoms with van der Waals surface area (Å²) in [5.41, 5.74) is 1.67. The summed E-state index contributed by atoms with van der Waals surface area (Å²) in [4.78, 5) is 33.8. The molecule has 0 aliphatic rings. The van der Waals surface area contributed by atoms with Crippen molar-refractivity contribution in [3.8, 4) is 0 Å². The first-order valence-electron chi connectivity index (χ1n) is 5.42. The summed E-state index contributed by atoms with van der Waals surface area (Å²) in [5.74, 6) is -0.936. The molecular weight excluding hydrogens is 234 g/mol. The molecule has 96 valence electrons. The van der Waals surface area contributed by atoms with Crippen LogP contribution in [0.25, 0.3) is 0 Å². The number of ketones is 1. The van der Waals surface area contributed by atoms with E-state index in [1.807, 2.05) is 0 Å². The first-order chi connectivity index (χ1) is 8.45. The van der Waals surface area contributed by atoms with Crippen LogP contribution in [-0.2, 0) is 9.53 Å². The van der Waals surface area contributed by atoms with E-state index in [0.717, 1.165) is 0 Å². The van der Waals surface area contributed by atoms with E-state index in [1.54, 1.807) is 25.1 Å². The van der Waals surface area contributed by atoms with Crippen molar-refractivity contribution < 1.29 is 19.1 Å². The van der Waals surface area contributed by atoms with E-state index < -0.39 is 5.97 Å². The van der Waals surface area contributed by atoms with E-state index in [2.05, 4.69) is 10.1 Å². The number of carbonyl (C=O) groups is 3. The standard InChI is InChI=1S/C13H15NO4/c1-8-6-10(9(2)15)4-5-11(8)13(17)14-7-12(16)18-3/h4-6H,7H2,1-3H3,(H,14,17). The zero-order chi connectivity index (χ0) is 13.7. The third kappa shape index (κ3) is 3.41. The molecule has 0 heterocycles. The van der Waals surface area contributed by atoms with Gasteiger partial charge in [-0.15, -0.1) is 0 Å². The number of nitrogens with one attached hydrogen (secondary N) is 1. The number of rotatable bonds is 4. The predicted octanol–water partition coefficient (Wildman–Crippen LogP) is 1.10. The number of methoxy groups -OCH3 is 1. The number of esters is 1. The van der Waals surface area contributed by atoms with Crippen LogP contribution in [0.4, 0.5) is 0 Å². The van der Waals surface area contributed by atoms with Crippen molar-refractivity contribution in [1.29, 1.82) is 0 Å². The summed E-state index contributed by atoms with van der Waals surface area (Å²) in [6.45, 7) is 3.02. The molecule has 1 rings (SSSR count). The van der Waals surface area contributed by atoms with Crippen molar-refractivity contribution in [3.05, 3.63) is 34.9 Å². The van der Waals surface area contributed by atoms with Crippen molar-refractivity contribution in [3.63, 3.8) is 0 Å². The molecule has 0 bridgehead atoms. The molecule has 0 aromatic heterocycles. The summed E-state index contributed by atoms with van der Waals surface area (Å²) in [7, 11) is 1.25. The SMILES string of the molecule is COC(=O)CNC(=O)c1ccc(C(C)=O)cc1C. The van der Waals surface area contributed by atoms with Gasteiger partial charge in [-0.3, -0.25) is 14.4 Å². The maximum Gasteiger partial charge on any atom is 0.325 e. The van der Waals surface area contributed by atoms with Crippen LogP contribution in [0.2, 0.25) is 0 Å². The monoisotopic (exact) mass is 249 g/mol.